The van der Waals surface area contributed by atoms with Crippen molar-refractivity contribution in [3.8, 4) is 0 Å². The van der Waals surface area contributed by atoms with Crippen molar-refractivity contribution < 1.29 is 19.8 Å². The van der Waals surface area contributed by atoms with E-state index in [1.165, 1.54) is 0 Å². The predicted molar refractivity (Wildman–Crippen MR) is 91.1 cm³/mol. The third-order valence-electron chi connectivity index (χ3n) is 6.45. The van der Waals surface area contributed by atoms with Gasteiger partial charge in [0, 0.05) is 12.0 Å². The number of fused-ring (bicyclic) bond motifs is 3. The first-order chi connectivity index (χ1) is 11.0. The van der Waals surface area contributed by atoms with E-state index >= 15 is 0 Å². The second-order valence-corrected chi connectivity index (χ2v) is 8.49. The highest BCUT2D eigenvalue weighted by Gasteiger charge is 2.56. The van der Waals surface area contributed by atoms with Gasteiger partial charge in [-0.2, -0.15) is 0 Å². The van der Waals surface area contributed by atoms with Crippen LogP contribution in [-0.2, 0) is 15.8 Å². The molecule has 3 atom stereocenters. The average Bonchev–Trinajstić information content (AvgIpc) is 2.48. The summed E-state index contributed by atoms with van der Waals surface area (Å²) in [5.74, 6) is -1.00. The molecule has 3 rings (SSSR count). The molecule has 0 heterocycles. The van der Waals surface area contributed by atoms with Crippen LogP contribution in [0.1, 0.15) is 74.9 Å². The third kappa shape index (κ3) is 2.31. The smallest absolute Gasteiger partial charge is 0.309 e. The Morgan fingerprint density at radius 2 is 1.92 bits per heavy atom. The number of hydrogen-bond donors (Lipinski definition) is 2. The number of aliphatic hydroxyl groups is 1. The molecule has 0 aromatic heterocycles. The maximum Gasteiger partial charge on any atom is 0.309 e. The predicted octanol–water partition coefficient (Wildman–Crippen LogP) is 3.65. The quantitative estimate of drug-likeness (QED) is 0.868. The van der Waals surface area contributed by atoms with Crippen LogP contribution >= 0.6 is 0 Å². The van der Waals surface area contributed by atoms with Gasteiger partial charge in [-0.15, -0.1) is 0 Å². The summed E-state index contributed by atoms with van der Waals surface area (Å²) in [6, 6.07) is 5.60. The van der Waals surface area contributed by atoms with Gasteiger partial charge in [-0.1, -0.05) is 25.5 Å². The first-order valence-electron chi connectivity index (χ1n) is 8.64. The summed E-state index contributed by atoms with van der Waals surface area (Å²) < 4.78 is 0. The van der Waals surface area contributed by atoms with Crippen LogP contribution in [0.5, 0.6) is 0 Å². The number of carboxylic acid groups (broad SMARTS) is 1. The lowest BCUT2D eigenvalue weighted by Crippen LogP contribution is -2.53. The molecule has 130 valence electrons. The van der Waals surface area contributed by atoms with E-state index in [2.05, 4.69) is 6.92 Å². The van der Waals surface area contributed by atoms with Crippen molar-refractivity contribution >= 4 is 11.8 Å². The van der Waals surface area contributed by atoms with Gasteiger partial charge in [-0.3, -0.25) is 9.59 Å². The molecule has 2 aliphatic carbocycles. The second kappa shape index (κ2) is 5.16. The highest BCUT2D eigenvalue weighted by Crippen LogP contribution is 2.57. The van der Waals surface area contributed by atoms with Crippen LogP contribution in [-0.4, -0.2) is 22.0 Å². The number of Topliss-reactive ketones (excluding diaryl/α,β-unsaturated/α-hetero) is 1. The number of benzene rings is 1. The molecule has 1 saturated carbocycles. The van der Waals surface area contributed by atoms with Crippen LogP contribution < -0.4 is 0 Å². The van der Waals surface area contributed by atoms with Gasteiger partial charge in [0.15, 0.2) is 5.78 Å². The fraction of sp³-hybridized carbons (Fsp3) is 0.600. The Morgan fingerprint density at radius 3 is 2.50 bits per heavy atom. The normalized spacial score (nSPS) is 32.9. The molecule has 0 saturated heterocycles. The summed E-state index contributed by atoms with van der Waals surface area (Å²) >= 11 is 0. The molecule has 0 amide bonds. The number of carboxylic acids is 1. The maximum atomic E-state index is 12.8. The van der Waals surface area contributed by atoms with Crippen molar-refractivity contribution in [3.05, 3.63) is 34.9 Å². The standard InChI is InChI=1S/C20H26O4/c1-18(2,24)12-6-7-14-13(10-12)15(21)11-16-19(14,3)8-5-9-20(16,4)17(22)23/h6-7,10,16,24H,5,8-9,11H2,1-4H3,(H,22,23)/t16?,19-,20-/m1/s1. The molecular weight excluding hydrogens is 304 g/mol. The molecule has 1 aromatic carbocycles. The zero-order chi connectivity index (χ0) is 17.9. The lowest BCUT2D eigenvalue weighted by Gasteiger charge is -2.53. The van der Waals surface area contributed by atoms with E-state index in [1.54, 1.807) is 26.8 Å². The molecule has 2 aliphatic rings. The fourth-order valence-corrected chi connectivity index (χ4v) is 4.85. The highest BCUT2D eigenvalue weighted by atomic mass is 16.4. The lowest BCUT2D eigenvalue weighted by atomic mass is 9.49. The number of ketones is 1. The zero-order valence-electron chi connectivity index (χ0n) is 14.8. The SMILES string of the molecule is CC(C)(O)c1ccc2c(c1)C(=O)CC1[C@](C)(C(=O)O)CCC[C@]21C. The molecule has 2 N–H and O–H groups in total. The minimum atomic E-state index is -1.00. The minimum absolute atomic E-state index is 0.00653. The zero-order valence-corrected chi connectivity index (χ0v) is 14.8. The summed E-state index contributed by atoms with van der Waals surface area (Å²) in [5, 5.41) is 20.0. The summed E-state index contributed by atoms with van der Waals surface area (Å²) in [4.78, 5) is 24.7. The van der Waals surface area contributed by atoms with Crippen molar-refractivity contribution in [2.24, 2.45) is 11.3 Å². The van der Waals surface area contributed by atoms with Crippen molar-refractivity contribution in [1.29, 1.82) is 0 Å². The molecule has 1 aromatic rings. The Bertz CT molecular complexity index is 715. The summed E-state index contributed by atoms with van der Waals surface area (Å²) in [6.07, 6.45) is 2.62. The highest BCUT2D eigenvalue weighted by molar-refractivity contribution is 6.00. The van der Waals surface area contributed by atoms with E-state index in [4.69, 9.17) is 0 Å². The second-order valence-electron chi connectivity index (χ2n) is 8.49. The van der Waals surface area contributed by atoms with Gasteiger partial charge in [-0.25, -0.2) is 0 Å². The van der Waals surface area contributed by atoms with E-state index in [9.17, 15) is 19.8 Å². The third-order valence-corrected chi connectivity index (χ3v) is 6.45. The Kier molecular flexibility index (Phi) is 3.69. The molecule has 1 unspecified atom stereocenters. The van der Waals surface area contributed by atoms with Gasteiger partial charge in [-0.05, 0) is 62.1 Å². The molecule has 0 bridgehead atoms. The van der Waals surface area contributed by atoms with Crippen LogP contribution in [0.15, 0.2) is 18.2 Å². The molecule has 24 heavy (non-hydrogen) atoms. The Balaban J connectivity index is 2.16. The van der Waals surface area contributed by atoms with Crippen molar-refractivity contribution in [1.82, 2.24) is 0 Å². The molecule has 0 aliphatic heterocycles. The van der Waals surface area contributed by atoms with Gasteiger partial charge >= 0.3 is 5.97 Å². The number of hydrogen-bond acceptors (Lipinski definition) is 3. The average molecular weight is 330 g/mol. The molecular formula is C20H26O4. The number of carbonyl (C=O) groups is 2. The largest absolute Gasteiger partial charge is 0.481 e. The number of aliphatic carboxylic acids is 1. The van der Waals surface area contributed by atoms with Gasteiger partial charge in [0.1, 0.15) is 0 Å². The van der Waals surface area contributed by atoms with Crippen LogP contribution in [0.2, 0.25) is 0 Å². The summed E-state index contributed by atoms with van der Waals surface area (Å²) in [5.41, 5.74) is 0.137. The minimum Gasteiger partial charge on any atom is -0.481 e. The van der Waals surface area contributed by atoms with Crippen molar-refractivity contribution in [2.45, 2.75) is 64.4 Å². The molecule has 0 radical (unpaired) electrons. The van der Waals surface area contributed by atoms with Gasteiger partial charge in [0.2, 0.25) is 0 Å². The van der Waals surface area contributed by atoms with Crippen LogP contribution in [0.3, 0.4) is 0 Å². The van der Waals surface area contributed by atoms with E-state index < -0.39 is 17.0 Å². The van der Waals surface area contributed by atoms with E-state index in [0.717, 1.165) is 18.4 Å². The van der Waals surface area contributed by atoms with Crippen LogP contribution in [0.25, 0.3) is 0 Å². The summed E-state index contributed by atoms with van der Waals surface area (Å²) in [6.45, 7) is 7.30. The number of carbonyl (C=O) groups excluding carboxylic acids is 1. The maximum absolute atomic E-state index is 12.8. The van der Waals surface area contributed by atoms with Gasteiger partial charge < -0.3 is 10.2 Å². The topological polar surface area (TPSA) is 74.6 Å². The molecule has 4 heteroatoms. The van der Waals surface area contributed by atoms with Crippen molar-refractivity contribution in [2.75, 3.05) is 0 Å². The van der Waals surface area contributed by atoms with Crippen molar-refractivity contribution in [3.63, 3.8) is 0 Å². The van der Waals surface area contributed by atoms with Crippen LogP contribution in [0, 0.1) is 11.3 Å². The first kappa shape index (κ1) is 17.2. The molecule has 4 nitrogen and oxygen atoms in total. The van der Waals surface area contributed by atoms with E-state index in [0.29, 0.717) is 17.5 Å². The Labute approximate surface area is 142 Å². The van der Waals surface area contributed by atoms with Gasteiger partial charge in [0.25, 0.3) is 0 Å². The van der Waals surface area contributed by atoms with Crippen LogP contribution in [0.4, 0.5) is 0 Å². The fourth-order valence-electron chi connectivity index (χ4n) is 4.85. The first-order valence-corrected chi connectivity index (χ1v) is 8.64. The number of rotatable bonds is 2. The Morgan fingerprint density at radius 1 is 1.25 bits per heavy atom. The Hall–Kier alpha value is -1.68. The lowest BCUT2D eigenvalue weighted by molar-refractivity contribution is -0.156. The molecule has 1 fully saturated rings. The van der Waals surface area contributed by atoms with E-state index in [1.807, 2.05) is 12.1 Å². The monoisotopic (exact) mass is 330 g/mol. The summed E-state index contributed by atoms with van der Waals surface area (Å²) in [7, 11) is 0. The van der Waals surface area contributed by atoms with E-state index in [-0.39, 0.29) is 23.5 Å². The van der Waals surface area contributed by atoms with Gasteiger partial charge in [0.05, 0.1) is 11.0 Å². The molecule has 0 spiro atoms.